The lowest BCUT2D eigenvalue weighted by Crippen LogP contribution is -2.41. The standard InChI is InChI=1S/C12H21N5OS/c1-3-6-14-12-16-15-10(19-12)8-17-7-4-5-9(17)11(18)13-2/h9H,3-8H2,1-2H3,(H,13,18)(H,14,16). The van der Waals surface area contributed by atoms with E-state index in [0.29, 0.717) is 6.54 Å². The molecule has 1 unspecified atom stereocenters. The molecule has 0 spiro atoms. The highest BCUT2D eigenvalue weighted by Crippen LogP contribution is 2.23. The molecule has 1 aliphatic rings. The third-order valence-electron chi connectivity index (χ3n) is 3.24. The van der Waals surface area contributed by atoms with E-state index in [-0.39, 0.29) is 11.9 Å². The Morgan fingerprint density at radius 2 is 2.37 bits per heavy atom. The fraction of sp³-hybridized carbons (Fsp3) is 0.750. The zero-order valence-electron chi connectivity index (χ0n) is 11.5. The maximum atomic E-state index is 11.8. The summed E-state index contributed by atoms with van der Waals surface area (Å²) in [6, 6.07) is -0.0130. The lowest BCUT2D eigenvalue weighted by Gasteiger charge is -2.21. The van der Waals surface area contributed by atoms with Crippen LogP contribution in [-0.4, -0.2) is 47.2 Å². The number of carbonyl (C=O) groups excluding carboxylic acids is 1. The number of anilines is 1. The molecule has 2 N–H and O–H groups in total. The largest absolute Gasteiger partial charge is 0.360 e. The van der Waals surface area contributed by atoms with E-state index in [4.69, 9.17) is 0 Å². The molecule has 7 heteroatoms. The molecule has 6 nitrogen and oxygen atoms in total. The molecule has 0 saturated carbocycles. The van der Waals surface area contributed by atoms with Crippen molar-refractivity contribution >= 4 is 22.4 Å². The summed E-state index contributed by atoms with van der Waals surface area (Å²) in [5, 5.41) is 16.1. The molecule has 1 saturated heterocycles. The number of hydrogen-bond donors (Lipinski definition) is 2. The van der Waals surface area contributed by atoms with Crippen LogP contribution in [0.2, 0.25) is 0 Å². The quantitative estimate of drug-likeness (QED) is 0.817. The van der Waals surface area contributed by atoms with Crippen molar-refractivity contribution in [1.29, 1.82) is 0 Å². The van der Waals surface area contributed by atoms with Gasteiger partial charge in [0.1, 0.15) is 5.01 Å². The minimum atomic E-state index is -0.0130. The van der Waals surface area contributed by atoms with Crippen LogP contribution in [0, 0.1) is 0 Å². The van der Waals surface area contributed by atoms with Gasteiger partial charge in [0.25, 0.3) is 0 Å². The zero-order valence-corrected chi connectivity index (χ0v) is 12.3. The van der Waals surface area contributed by atoms with Gasteiger partial charge in [-0.15, -0.1) is 10.2 Å². The van der Waals surface area contributed by atoms with E-state index in [9.17, 15) is 4.79 Å². The van der Waals surface area contributed by atoms with Gasteiger partial charge in [0.15, 0.2) is 0 Å². The van der Waals surface area contributed by atoms with Crippen molar-refractivity contribution in [3.05, 3.63) is 5.01 Å². The monoisotopic (exact) mass is 283 g/mol. The molecular weight excluding hydrogens is 262 g/mol. The van der Waals surface area contributed by atoms with Crippen LogP contribution in [-0.2, 0) is 11.3 Å². The third kappa shape index (κ3) is 3.63. The maximum absolute atomic E-state index is 11.8. The van der Waals surface area contributed by atoms with Crippen LogP contribution in [0.15, 0.2) is 0 Å². The summed E-state index contributed by atoms with van der Waals surface area (Å²) >= 11 is 1.57. The van der Waals surface area contributed by atoms with E-state index >= 15 is 0 Å². The molecule has 106 valence electrons. The number of rotatable bonds is 6. The fourth-order valence-electron chi connectivity index (χ4n) is 2.27. The van der Waals surface area contributed by atoms with Crippen molar-refractivity contribution in [1.82, 2.24) is 20.4 Å². The highest BCUT2D eigenvalue weighted by molar-refractivity contribution is 7.15. The summed E-state index contributed by atoms with van der Waals surface area (Å²) < 4.78 is 0. The van der Waals surface area contributed by atoms with Gasteiger partial charge in [-0.3, -0.25) is 9.69 Å². The van der Waals surface area contributed by atoms with Gasteiger partial charge in [0, 0.05) is 13.6 Å². The number of likely N-dealkylation sites (N-methyl/N-ethyl adjacent to an activating group) is 1. The first-order chi connectivity index (χ1) is 9.24. The second-order valence-corrected chi connectivity index (χ2v) is 5.73. The van der Waals surface area contributed by atoms with E-state index < -0.39 is 0 Å². The van der Waals surface area contributed by atoms with Crippen molar-refractivity contribution in [2.75, 3.05) is 25.5 Å². The molecule has 2 rings (SSSR count). The smallest absolute Gasteiger partial charge is 0.237 e. The van der Waals surface area contributed by atoms with Crippen molar-refractivity contribution in [3.8, 4) is 0 Å². The number of hydrogen-bond acceptors (Lipinski definition) is 6. The zero-order chi connectivity index (χ0) is 13.7. The van der Waals surface area contributed by atoms with Gasteiger partial charge in [0.2, 0.25) is 11.0 Å². The molecule has 19 heavy (non-hydrogen) atoms. The second-order valence-electron chi connectivity index (χ2n) is 4.67. The van der Waals surface area contributed by atoms with Gasteiger partial charge in [-0.25, -0.2) is 0 Å². The van der Waals surface area contributed by atoms with Crippen LogP contribution >= 0.6 is 11.3 Å². The Balaban J connectivity index is 1.92. The number of nitrogens with one attached hydrogen (secondary N) is 2. The summed E-state index contributed by atoms with van der Waals surface area (Å²) in [6.45, 7) is 4.70. The molecule has 1 aliphatic heterocycles. The summed E-state index contributed by atoms with van der Waals surface area (Å²) in [6.07, 6.45) is 3.07. The van der Waals surface area contributed by atoms with Gasteiger partial charge in [-0.1, -0.05) is 18.3 Å². The predicted octanol–water partition coefficient (Wildman–Crippen LogP) is 1.07. The number of aromatic nitrogens is 2. The van der Waals surface area contributed by atoms with Gasteiger partial charge in [-0.05, 0) is 25.8 Å². The predicted molar refractivity (Wildman–Crippen MR) is 76.2 cm³/mol. The molecular formula is C12H21N5OS. The van der Waals surface area contributed by atoms with E-state index in [0.717, 1.165) is 42.5 Å². The highest BCUT2D eigenvalue weighted by atomic mass is 32.1. The Morgan fingerprint density at radius 1 is 1.53 bits per heavy atom. The first-order valence-corrected chi connectivity index (χ1v) is 7.58. The van der Waals surface area contributed by atoms with Crippen LogP contribution in [0.1, 0.15) is 31.2 Å². The number of carbonyl (C=O) groups is 1. The van der Waals surface area contributed by atoms with Crippen molar-refractivity contribution in [2.45, 2.75) is 38.8 Å². The minimum absolute atomic E-state index is 0.0130. The number of likely N-dealkylation sites (tertiary alicyclic amines) is 1. The van der Waals surface area contributed by atoms with E-state index in [1.165, 1.54) is 0 Å². The molecule has 1 fully saturated rings. The van der Waals surface area contributed by atoms with Crippen molar-refractivity contribution < 1.29 is 4.79 Å². The van der Waals surface area contributed by atoms with E-state index in [1.54, 1.807) is 18.4 Å². The minimum Gasteiger partial charge on any atom is -0.360 e. The van der Waals surface area contributed by atoms with Crippen LogP contribution in [0.4, 0.5) is 5.13 Å². The van der Waals surface area contributed by atoms with Gasteiger partial charge in [-0.2, -0.15) is 0 Å². The highest BCUT2D eigenvalue weighted by Gasteiger charge is 2.30. The van der Waals surface area contributed by atoms with Crippen molar-refractivity contribution in [2.24, 2.45) is 0 Å². The molecule has 0 aliphatic carbocycles. The van der Waals surface area contributed by atoms with E-state index in [2.05, 4.69) is 32.7 Å². The first kappa shape index (κ1) is 14.2. The Hall–Kier alpha value is -1.21. The molecule has 1 amide bonds. The van der Waals surface area contributed by atoms with Gasteiger partial charge >= 0.3 is 0 Å². The molecule has 0 radical (unpaired) electrons. The summed E-state index contributed by atoms with van der Waals surface area (Å²) in [4.78, 5) is 13.9. The van der Waals surface area contributed by atoms with Crippen LogP contribution in [0.25, 0.3) is 0 Å². The van der Waals surface area contributed by atoms with Crippen LogP contribution in [0.5, 0.6) is 0 Å². The first-order valence-electron chi connectivity index (χ1n) is 6.76. The Kier molecular flexibility index (Phi) is 5.09. The van der Waals surface area contributed by atoms with Crippen molar-refractivity contribution in [3.63, 3.8) is 0 Å². The van der Waals surface area contributed by atoms with Crippen LogP contribution in [0.3, 0.4) is 0 Å². The second kappa shape index (κ2) is 6.81. The summed E-state index contributed by atoms with van der Waals surface area (Å²) in [5.41, 5.74) is 0. The number of nitrogens with zero attached hydrogens (tertiary/aromatic N) is 3. The average Bonchev–Trinajstić information content (AvgIpc) is 3.05. The molecule has 1 aromatic rings. The Labute approximate surface area is 117 Å². The van der Waals surface area contributed by atoms with Gasteiger partial charge < -0.3 is 10.6 Å². The topological polar surface area (TPSA) is 70.2 Å². The van der Waals surface area contributed by atoms with E-state index in [1.807, 2.05) is 0 Å². The molecule has 0 aromatic carbocycles. The normalized spacial score (nSPS) is 19.6. The molecule has 1 atom stereocenters. The average molecular weight is 283 g/mol. The van der Waals surface area contributed by atoms with Gasteiger partial charge in [0.05, 0.1) is 12.6 Å². The Morgan fingerprint density at radius 3 is 3.11 bits per heavy atom. The molecule has 0 bridgehead atoms. The lowest BCUT2D eigenvalue weighted by molar-refractivity contribution is -0.125. The Bertz CT molecular complexity index is 422. The fourth-order valence-corrected chi connectivity index (χ4v) is 3.06. The summed E-state index contributed by atoms with van der Waals surface area (Å²) in [7, 11) is 1.69. The SMILES string of the molecule is CCCNc1nnc(CN2CCCC2C(=O)NC)s1. The molecule has 1 aromatic heterocycles. The number of amides is 1. The lowest BCUT2D eigenvalue weighted by atomic mass is 10.2. The third-order valence-corrected chi connectivity index (χ3v) is 4.11. The molecule has 2 heterocycles. The summed E-state index contributed by atoms with van der Waals surface area (Å²) in [5.74, 6) is 0.103. The maximum Gasteiger partial charge on any atom is 0.237 e. The van der Waals surface area contributed by atoms with Crippen LogP contribution < -0.4 is 10.6 Å².